The third kappa shape index (κ3) is 1.98. The lowest BCUT2D eigenvalue weighted by molar-refractivity contribution is 0.628. The number of H-pyrrole nitrogens is 1. The van der Waals surface area contributed by atoms with Crippen LogP contribution in [0.5, 0.6) is 0 Å². The first kappa shape index (κ1) is 11.5. The largest absolute Gasteiger partial charge is 0.354 e. The number of rotatable bonds is 2. The van der Waals surface area contributed by atoms with Gasteiger partial charge < -0.3 is 4.98 Å². The average Bonchev–Trinajstić information content (AvgIpc) is 2.79. The Balaban J connectivity index is 2.25. The van der Waals surface area contributed by atoms with E-state index in [4.69, 9.17) is 5.26 Å². The Morgan fingerprint density at radius 1 is 1.05 bits per heavy atom. The van der Waals surface area contributed by atoms with Crippen molar-refractivity contribution in [2.45, 2.75) is 6.42 Å². The molecule has 0 saturated carbocycles. The van der Waals surface area contributed by atoms with Gasteiger partial charge in [-0.25, -0.2) is 4.39 Å². The van der Waals surface area contributed by atoms with Gasteiger partial charge in [-0.2, -0.15) is 5.26 Å². The first-order valence-electron chi connectivity index (χ1n) is 6.02. The number of aromatic amines is 1. The molecule has 0 unspecified atom stereocenters. The molecule has 3 heteroatoms. The fourth-order valence-electron chi connectivity index (χ4n) is 2.33. The summed E-state index contributed by atoms with van der Waals surface area (Å²) in [4.78, 5) is 3.31. The minimum atomic E-state index is -0.262. The Morgan fingerprint density at radius 3 is 2.53 bits per heavy atom. The second-order valence-electron chi connectivity index (χ2n) is 4.37. The van der Waals surface area contributed by atoms with Gasteiger partial charge in [0, 0.05) is 10.9 Å². The number of nitriles is 1. The van der Waals surface area contributed by atoms with Crippen molar-refractivity contribution >= 4 is 10.9 Å². The molecule has 0 aliphatic rings. The fourth-order valence-corrected chi connectivity index (χ4v) is 2.33. The average molecular weight is 250 g/mol. The van der Waals surface area contributed by atoms with E-state index < -0.39 is 0 Å². The fraction of sp³-hybridized carbons (Fsp3) is 0.0625. The summed E-state index contributed by atoms with van der Waals surface area (Å²) >= 11 is 0. The lowest BCUT2D eigenvalue weighted by Gasteiger charge is -2.01. The zero-order chi connectivity index (χ0) is 13.2. The Bertz CT molecular complexity index is 764. The van der Waals surface area contributed by atoms with E-state index in [9.17, 15) is 4.39 Å². The highest BCUT2D eigenvalue weighted by Gasteiger charge is 2.12. The van der Waals surface area contributed by atoms with Gasteiger partial charge >= 0.3 is 0 Å². The van der Waals surface area contributed by atoms with Gasteiger partial charge in [0.25, 0.3) is 0 Å². The molecular weight excluding hydrogens is 239 g/mol. The number of nitrogens with one attached hydrogen (secondary N) is 1. The number of fused-ring (bicyclic) bond motifs is 1. The quantitative estimate of drug-likeness (QED) is 0.732. The Kier molecular flexibility index (Phi) is 2.77. The van der Waals surface area contributed by atoms with E-state index in [-0.39, 0.29) is 5.82 Å². The second kappa shape index (κ2) is 4.58. The highest BCUT2D eigenvalue weighted by molar-refractivity contribution is 5.91. The molecule has 0 spiro atoms. The zero-order valence-corrected chi connectivity index (χ0v) is 10.2. The third-order valence-corrected chi connectivity index (χ3v) is 3.20. The number of hydrogen-bond acceptors (Lipinski definition) is 1. The van der Waals surface area contributed by atoms with Crippen LogP contribution < -0.4 is 0 Å². The van der Waals surface area contributed by atoms with Crippen molar-refractivity contribution in [3.63, 3.8) is 0 Å². The maximum Gasteiger partial charge on any atom is 0.123 e. The van der Waals surface area contributed by atoms with Crippen molar-refractivity contribution in [1.82, 2.24) is 4.98 Å². The van der Waals surface area contributed by atoms with Crippen molar-refractivity contribution in [1.29, 1.82) is 5.26 Å². The molecule has 2 nitrogen and oxygen atoms in total. The van der Waals surface area contributed by atoms with E-state index in [1.165, 1.54) is 12.1 Å². The summed E-state index contributed by atoms with van der Waals surface area (Å²) in [5, 5.41) is 10.0. The van der Waals surface area contributed by atoms with Gasteiger partial charge in [-0.05, 0) is 41.5 Å². The number of aromatic nitrogens is 1. The molecular formula is C16H11FN2. The predicted octanol–water partition coefficient (Wildman–Crippen LogP) is 4.04. The molecule has 0 aliphatic carbocycles. The van der Waals surface area contributed by atoms with Crippen LogP contribution in [0.25, 0.3) is 22.2 Å². The predicted molar refractivity (Wildman–Crippen MR) is 73.0 cm³/mol. The highest BCUT2D eigenvalue weighted by Crippen LogP contribution is 2.30. The van der Waals surface area contributed by atoms with Gasteiger partial charge in [0.05, 0.1) is 18.2 Å². The topological polar surface area (TPSA) is 39.6 Å². The summed E-state index contributed by atoms with van der Waals surface area (Å²) in [5.41, 5.74) is 3.74. The molecule has 0 amide bonds. The van der Waals surface area contributed by atoms with Crippen molar-refractivity contribution in [3.05, 3.63) is 59.9 Å². The van der Waals surface area contributed by atoms with Crippen LogP contribution in [0.3, 0.4) is 0 Å². The standard InChI is InChI=1S/C16H11FN2/c17-12-7-5-11(6-8-12)16-14(9-10-18)13-3-1-2-4-15(13)19-16/h1-8,19H,9H2. The van der Waals surface area contributed by atoms with Gasteiger partial charge in [-0.3, -0.25) is 0 Å². The summed E-state index contributed by atoms with van der Waals surface area (Å²) < 4.78 is 13.0. The van der Waals surface area contributed by atoms with Gasteiger partial charge in [0.1, 0.15) is 5.82 Å². The number of benzene rings is 2. The minimum Gasteiger partial charge on any atom is -0.354 e. The summed E-state index contributed by atoms with van der Waals surface area (Å²) in [7, 11) is 0. The molecule has 19 heavy (non-hydrogen) atoms. The van der Waals surface area contributed by atoms with E-state index in [0.29, 0.717) is 6.42 Å². The maximum atomic E-state index is 13.0. The Hall–Kier alpha value is -2.60. The van der Waals surface area contributed by atoms with Gasteiger partial charge in [0.2, 0.25) is 0 Å². The van der Waals surface area contributed by atoms with Crippen LogP contribution in [0.4, 0.5) is 4.39 Å². The summed E-state index contributed by atoms with van der Waals surface area (Å²) in [6.45, 7) is 0. The van der Waals surface area contributed by atoms with Gasteiger partial charge in [-0.15, -0.1) is 0 Å². The number of para-hydroxylation sites is 1. The molecule has 0 radical (unpaired) electrons. The van der Waals surface area contributed by atoms with Crippen LogP contribution in [0.1, 0.15) is 5.56 Å². The SMILES string of the molecule is N#CCc1c(-c2ccc(F)cc2)[nH]c2ccccc12. The highest BCUT2D eigenvalue weighted by atomic mass is 19.1. The first-order chi connectivity index (χ1) is 9.29. The molecule has 92 valence electrons. The zero-order valence-electron chi connectivity index (χ0n) is 10.2. The first-order valence-corrected chi connectivity index (χ1v) is 6.02. The molecule has 0 aliphatic heterocycles. The summed E-state index contributed by atoms with van der Waals surface area (Å²) in [5.74, 6) is -0.262. The normalized spacial score (nSPS) is 10.5. The Labute approximate surface area is 110 Å². The van der Waals surface area contributed by atoms with Crippen molar-refractivity contribution in [2.75, 3.05) is 0 Å². The molecule has 0 atom stereocenters. The van der Waals surface area contributed by atoms with Crippen LogP contribution in [0.2, 0.25) is 0 Å². The molecule has 3 aromatic rings. The van der Waals surface area contributed by atoms with E-state index in [0.717, 1.165) is 27.7 Å². The van der Waals surface area contributed by atoms with Gasteiger partial charge in [-0.1, -0.05) is 18.2 Å². The van der Waals surface area contributed by atoms with E-state index in [2.05, 4.69) is 11.1 Å². The smallest absolute Gasteiger partial charge is 0.123 e. The molecule has 0 fully saturated rings. The molecule has 3 rings (SSSR count). The summed E-state index contributed by atoms with van der Waals surface area (Å²) in [6, 6.07) is 16.4. The lowest BCUT2D eigenvalue weighted by atomic mass is 10.0. The molecule has 1 aromatic heterocycles. The number of nitrogens with zero attached hydrogens (tertiary/aromatic N) is 1. The van der Waals surface area contributed by atoms with Crippen LogP contribution in [-0.4, -0.2) is 4.98 Å². The van der Waals surface area contributed by atoms with Crippen molar-refractivity contribution < 1.29 is 4.39 Å². The van der Waals surface area contributed by atoms with E-state index in [1.807, 2.05) is 24.3 Å². The van der Waals surface area contributed by atoms with Crippen molar-refractivity contribution in [2.24, 2.45) is 0 Å². The van der Waals surface area contributed by atoms with Gasteiger partial charge in [0.15, 0.2) is 0 Å². The molecule has 1 N–H and O–H groups in total. The summed E-state index contributed by atoms with van der Waals surface area (Å²) in [6.07, 6.45) is 0.330. The second-order valence-corrected chi connectivity index (χ2v) is 4.37. The molecule has 1 heterocycles. The molecule has 0 saturated heterocycles. The van der Waals surface area contributed by atoms with Crippen LogP contribution in [0, 0.1) is 17.1 Å². The Morgan fingerprint density at radius 2 is 1.79 bits per heavy atom. The van der Waals surface area contributed by atoms with Crippen LogP contribution >= 0.6 is 0 Å². The minimum absolute atomic E-state index is 0.262. The number of hydrogen-bond donors (Lipinski definition) is 1. The molecule has 0 bridgehead atoms. The maximum absolute atomic E-state index is 13.0. The van der Waals surface area contributed by atoms with Crippen molar-refractivity contribution in [3.8, 4) is 17.3 Å². The number of halogens is 1. The monoisotopic (exact) mass is 250 g/mol. The van der Waals surface area contributed by atoms with E-state index >= 15 is 0 Å². The van der Waals surface area contributed by atoms with Crippen LogP contribution in [0.15, 0.2) is 48.5 Å². The lowest BCUT2D eigenvalue weighted by Crippen LogP contribution is -1.86. The third-order valence-electron chi connectivity index (χ3n) is 3.20. The van der Waals surface area contributed by atoms with Crippen LogP contribution in [-0.2, 0) is 6.42 Å². The molecule has 2 aromatic carbocycles. The van der Waals surface area contributed by atoms with E-state index in [1.54, 1.807) is 12.1 Å².